The van der Waals surface area contributed by atoms with Crippen molar-refractivity contribution < 1.29 is 4.74 Å². The van der Waals surface area contributed by atoms with E-state index in [0.29, 0.717) is 0 Å². The summed E-state index contributed by atoms with van der Waals surface area (Å²) in [5, 5.41) is 8.91. The van der Waals surface area contributed by atoms with Crippen molar-refractivity contribution >= 4 is 0 Å². The molecule has 0 aromatic carbocycles. The van der Waals surface area contributed by atoms with Gasteiger partial charge in [0, 0.05) is 33.0 Å². The Hall–Kier alpha value is -0.590. The highest BCUT2D eigenvalue weighted by molar-refractivity contribution is 5.04. The predicted octanol–water partition coefficient (Wildman–Crippen LogP) is 1.01. The number of likely N-dealkylation sites (tertiary alicyclic amines) is 1. The van der Waals surface area contributed by atoms with Crippen molar-refractivity contribution in [2.75, 3.05) is 26.7 Å². The maximum Gasteiger partial charge on any atom is 0.156 e. The zero-order valence-electron chi connectivity index (χ0n) is 7.84. The number of ether oxygens (including phenoxy) is 1. The van der Waals surface area contributed by atoms with Gasteiger partial charge in [0.2, 0.25) is 0 Å². The first-order valence-corrected chi connectivity index (χ1v) is 4.45. The molecule has 1 aliphatic heterocycles. The molecule has 12 heavy (non-hydrogen) atoms. The van der Waals surface area contributed by atoms with Gasteiger partial charge in [-0.2, -0.15) is 5.26 Å². The summed E-state index contributed by atoms with van der Waals surface area (Å²) in [6, 6.07) is 2.26. The molecule has 0 atom stereocenters. The van der Waals surface area contributed by atoms with Gasteiger partial charge in [-0.1, -0.05) is 6.92 Å². The highest BCUT2D eigenvalue weighted by Gasteiger charge is 2.33. The minimum absolute atomic E-state index is 0.494. The van der Waals surface area contributed by atoms with Crippen molar-refractivity contribution in [1.82, 2.24) is 4.90 Å². The van der Waals surface area contributed by atoms with Crippen LogP contribution in [0.15, 0.2) is 0 Å². The van der Waals surface area contributed by atoms with Crippen LogP contribution in [0.3, 0.4) is 0 Å². The summed E-state index contributed by atoms with van der Waals surface area (Å²) in [5.41, 5.74) is -0.494. The zero-order valence-corrected chi connectivity index (χ0v) is 7.84. The van der Waals surface area contributed by atoms with Crippen molar-refractivity contribution in [3.63, 3.8) is 0 Å². The lowest BCUT2D eigenvalue weighted by molar-refractivity contribution is -0.0128. The Balaban J connectivity index is 2.49. The van der Waals surface area contributed by atoms with E-state index in [4.69, 9.17) is 10.00 Å². The van der Waals surface area contributed by atoms with E-state index in [-0.39, 0.29) is 0 Å². The monoisotopic (exact) mass is 168 g/mol. The van der Waals surface area contributed by atoms with E-state index in [0.717, 1.165) is 32.5 Å². The molecule has 0 spiro atoms. The molecule has 68 valence electrons. The van der Waals surface area contributed by atoms with E-state index in [1.54, 1.807) is 7.11 Å². The first kappa shape index (κ1) is 9.50. The largest absolute Gasteiger partial charge is 0.363 e. The van der Waals surface area contributed by atoms with Crippen molar-refractivity contribution in [3.8, 4) is 6.07 Å². The topological polar surface area (TPSA) is 36.3 Å². The van der Waals surface area contributed by atoms with Gasteiger partial charge in [-0.25, -0.2) is 0 Å². The summed E-state index contributed by atoms with van der Waals surface area (Å²) >= 11 is 0. The lowest BCUT2D eigenvalue weighted by Crippen LogP contribution is -2.44. The second-order valence-corrected chi connectivity index (χ2v) is 3.24. The Kier molecular flexibility index (Phi) is 3.07. The lowest BCUT2D eigenvalue weighted by Gasteiger charge is -2.35. The number of rotatable bonds is 2. The zero-order chi connectivity index (χ0) is 9.03. The number of piperidine rings is 1. The van der Waals surface area contributed by atoms with Crippen LogP contribution in [-0.4, -0.2) is 37.2 Å². The average molecular weight is 168 g/mol. The Bertz CT molecular complexity index is 177. The van der Waals surface area contributed by atoms with Crippen LogP contribution in [0.1, 0.15) is 19.8 Å². The molecule has 3 heteroatoms. The molecule has 0 radical (unpaired) electrons. The molecule has 0 saturated carbocycles. The van der Waals surface area contributed by atoms with E-state index in [1.807, 2.05) is 0 Å². The van der Waals surface area contributed by atoms with Gasteiger partial charge in [0.25, 0.3) is 0 Å². The molecule has 0 unspecified atom stereocenters. The molecule has 1 heterocycles. The van der Waals surface area contributed by atoms with Crippen LogP contribution in [-0.2, 0) is 4.74 Å². The van der Waals surface area contributed by atoms with Crippen LogP contribution in [0.4, 0.5) is 0 Å². The van der Waals surface area contributed by atoms with Gasteiger partial charge in [-0.3, -0.25) is 0 Å². The van der Waals surface area contributed by atoms with Crippen LogP contribution in [0.2, 0.25) is 0 Å². The fraction of sp³-hybridized carbons (Fsp3) is 0.889. The fourth-order valence-corrected chi connectivity index (χ4v) is 1.59. The highest BCUT2D eigenvalue weighted by atomic mass is 16.5. The van der Waals surface area contributed by atoms with E-state index in [2.05, 4.69) is 17.9 Å². The molecule has 0 amide bonds. The third-order valence-corrected chi connectivity index (χ3v) is 2.71. The first-order valence-electron chi connectivity index (χ1n) is 4.45. The Morgan fingerprint density at radius 3 is 2.42 bits per heavy atom. The van der Waals surface area contributed by atoms with Gasteiger partial charge < -0.3 is 9.64 Å². The summed E-state index contributed by atoms with van der Waals surface area (Å²) in [5.74, 6) is 0. The van der Waals surface area contributed by atoms with Crippen molar-refractivity contribution in [2.45, 2.75) is 25.4 Å². The molecule has 0 aromatic rings. The third-order valence-electron chi connectivity index (χ3n) is 2.71. The number of hydrogen-bond donors (Lipinski definition) is 0. The maximum absolute atomic E-state index is 8.91. The van der Waals surface area contributed by atoms with Crippen LogP contribution in [0.25, 0.3) is 0 Å². The van der Waals surface area contributed by atoms with Crippen molar-refractivity contribution in [2.24, 2.45) is 0 Å². The molecule has 0 N–H and O–H groups in total. The number of methoxy groups -OCH3 is 1. The van der Waals surface area contributed by atoms with Crippen molar-refractivity contribution in [1.29, 1.82) is 5.26 Å². The SMILES string of the molecule is CCN1CCC(C#N)(OC)CC1. The van der Waals surface area contributed by atoms with E-state index in [1.165, 1.54) is 0 Å². The van der Waals surface area contributed by atoms with Crippen LogP contribution in [0.5, 0.6) is 0 Å². The number of nitrogens with zero attached hydrogens (tertiary/aromatic N) is 2. The molecular weight excluding hydrogens is 152 g/mol. The Morgan fingerprint density at radius 1 is 1.50 bits per heavy atom. The second-order valence-electron chi connectivity index (χ2n) is 3.24. The third kappa shape index (κ3) is 1.77. The first-order chi connectivity index (χ1) is 5.76. The molecule has 1 saturated heterocycles. The van der Waals surface area contributed by atoms with Gasteiger partial charge >= 0.3 is 0 Å². The quantitative estimate of drug-likeness (QED) is 0.617. The second kappa shape index (κ2) is 3.88. The van der Waals surface area contributed by atoms with Gasteiger partial charge in [0.05, 0.1) is 6.07 Å². The highest BCUT2D eigenvalue weighted by Crippen LogP contribution is 2.24. The molecule has 0 bridgehead atoms. The molecule has 1 fully saturated rings. The molecule has 0 aromatic heterocycles. The van der Waals surface area contributed by atoms with E-state index >= 15 is 0 Å². The summed E-state index contributed by atoms with van der Waals surface area (Å²) in [6.07, 6.45) is 1.68. The number of nitriles is 1. The van der Waals surface area contributed by atoms with E-state index in [9.17, 15) is 0 Å². The normalized spacial score (nSPS) is 23.4. The van der Waals surface area contributed by atoms with Gasteiger partial charge in [-0.05, 0) is 6.54 Å². The minimum atomic E-state index is -0.494. The maximum atomic E-state index is 8.91. The predicted molar refractivity (Wildman–Crippen MR) is 46.7 cm³/mol. The summed E-state index contributed by atoms with van der Waals surface area (Å²) in [7, 11) is 1.63. The standard InChI is InChI=1S/C9H16N2O/c1-3-11-6-4-9(8-10,12-2)5-7-11/h3-7H2,1-2H3. The van der Waals surface area contributed by atoms with E-state index < -0.39 is 5.60 Å². The molecule has 1 aliphatic rings. The minimum Gasteiger partial charge on any atom is -0.363 e. The summed E-state index contributed by atoms with van der Waals surface area (Å²) in [4.78, 5) is 2.34. The van der Waals surface area contributed by atoms with Crippen LogP contribution in [0, 0.1) is 11.3 Å². The van der Waals surface area contributed by atoms with Gasteiger partial charge in [-0.15, -0.1) is 0 Å². The van der Waals surface area contributed by atoms with Gasteiger partial charge in [0.15, 0.2) is 5.60 Å². The Morgan fingerprint density at radius 2 is 2.08 bits per heavy atom. The molecule has 3 nitrogen and oxygen atoms in total. The van der Waals surface area contributed by atoms with Crippen molar-refractivity contribution in [3.05, 3.63) is 0 Å². The van der Waals surface area contributed by atoms with Crippen LogP contribution >= 0.6 is 0 Å². The lowest BCUT2D eigenvalue weighted by atomic mass is 9.93. The summed E-state index contributed by atoms with van der Waals surface area (Å²) < 4.78 is 5.23. The molecular formula is C9H16N2O. The average Bonchev–Trinajstić information content (AvgIpc) is 2.18. The fourth-order valence-electron chi connectivity index (χ4n) is 1.59. The molecule has 0 aliphatic carbocycles. The van der Waals surface area contributed by atoms with Crippen LogP contribution < -0.4 is 0 Å². The molecule has 1 rings (SSSR count). The Labute approximate surface area is 73.9 Å². The summed E-state index contributed by atoms with van der Waals surface area (Å²) in [6.45, 7) is 5.19. The number of hydrogen-bond acceptors (Lipinski definition) is 3. The van der Waals surface area contributed by atoms with Gasteiger partial charge in [0.1, 0.15) is 0 Å². The smallest absolute Gasteiger partial charge is 0.156 e.